The van der Waals surface area contributed by atoms with Gasteiger partial charge in [-0.2, -0.15) is 0 Å². The Balaban J connectivity index is 1.71. The molecule has 130 valence electrons. The lowest BCUT2D eigenvalue weighted by Gasteiger charge is -2.27. The molecular formula is C19H21ClN4O. The second-order valence-electron chi connectivity index (χ2n) is 6.34. The lowest BCUT2D eigenvalue weighted by atomic mass is 9.80. The van der Waals surface area contributed by atoms with Gasteiger partial charge in [0.25, 0.3) is 0 Å². The van der Waals surface area contributed by atoms with E-state index in [0.717, 1.165) is 23.4 Å². The van der Waals surface area contributed by atoms with E-state index in [9.17, 15) is 0 Å². The molecule has 0 saturated heterocycles. The standard InChI is InChI=1S/C19H21ClN4O/c1-4-14(12(2)10-22-18-9-17(20)23-11-24-18)13(3)15-5-7-21-16-6-8-25-19(15)16/h1,5,7,9,11-14H,6,8,10H2,2-3H3,(H,22,23,24)/t12?,13?,14-/m1/s1. The molecule has 0 aliphatic carbocycles. The fourth-order valence-electron chi connectivity index (χ4n) is 3.28. The number of hydrogen-bond donors (Lipinski definition) is 1. The van der Waals surface area contributed by atoms with Crippen LogP contribution in [-0.4, -0.2) is 28.1 Å². The molecule has 2 aromatic heterocycles. The number of terminal acetylenes is 1. The summed E-state index contributed by atoms with van der Waals surface area (Å²) in [7, 11) is 0. The maximum absolute atomic E-state index is 5.89. The largest absolute Gasteiger partial charge is 0.491 e. The van der Waals surface area contributed by atoms with E-state index < -0.39 is 0 Å². The van der Waals surface area contributed by atoms with Crippen LogP contribution in [-0.2, 0) is 6.42 Å². The summed E-state index contributed by atoms with van der Waals surface area (Å²) in [5, 5.41) is 3.70. The first-order valence-electron chi connectivity index (χ1n) is 8.38. The van der Waals surface area contributed by atoms with Crippen molar-refractivity contribution in [3.05, 3.63) is 41.1 Å². The summed E-state index contributed by atoms with van der Waals surface area (Å²) in [5.41, 5.74) is 2.17. The minimum atomic E-state index is 0.0560. The maximum Gasteiger partial charge on any atom is 0.144 e. The number of pyridine rings is 1. The number of rotatable bonds is 6. The molecule has 0 bridgehead atoms. The fraction of sp³-hybridized carbons (Fsp3) is 0.421. The molecule has 5 nitrogen and oxygen atoms in total. The Hall–Kier alpha value is -2.32. The van der Waals surface area contributed by atoms with Crippen molar-refractivity contribution in [2.45, 2.75) is 26.2 Å². The first kappa shape index (κ1) is 17.5. The third kappa shape index (κ3) is 3.85. The van der Waals surface area contributed by atoms with Gasteiger partial charge >= 0.3 is 0 Å². The van der Waals surface area contributed by atoms with E-state index in [0.29, 0.717) is 24.1 Å². The second-order valence-corrected chi connectivity index (χ2v) is 6.73. The lowest BCUT2D eigenvalue weighted by Crippen LogP contribution is -2.24. The van der Waals surface area contributed by atoms with Crippen molar-refractivity contribution in [2.75, 3.05) is 18.5 Å². The molecule has 1 aliphatic rings. The van der Waals surface area contributed by atoms with Gasteiger partial charge in [-0.25, -0.2) is 9.97 Å². The molecule has 0 saturated carbocycles. The topological polar surface area (TPSA) is 59.9 Å². The van der Waals surface area contributed by atoms with Crippen LogP contribution in [0.4, 0.5) is 5.82 Å². The van der Waals surface area contributed by atoms with E-state index in [-0.39, 0.29) is 17.8 Å². The van der Waals surface area contributed by atoms with Crippen LogP contribution in [0.25, 0.3) is 0 Å². The highest BCUT2D eigenvalue weighted by Gasteiger charge is 2.28. The van der Waals surface area contributed by atoms with Gasteiger partial charge in [-0.05, 0) is 17.9 Å². The van der Waals surface area contributed by atoms with E-state index in [1.807, 2.05) is 12.3 Å². The van der Waals surface area contributed by atoms with E-state index in [1.54, 1.807) is 6.07 Å². The van der Waals surface area contributed by atoms with Gasteiger partial charge in [0.1, 0.15) is 23.0 Å². The minimum Gasteiger partial charge on any atom is -0.491 e. The Morgan fingerprint density at radius 3 is 2.96 bits per heavy atom. The highest BCUT2D eigenvalue weighted by atomic mass is 35.5. The number of nitrogens with one attached hydrogen (secondary N) is 1. The molecule has 0 spiro atoms. The Kier molecular flexibility index (Phi) is 5.40. The summed E-state index contributed by atoms with van der Waals surface area (Å²) < 4.78 is 5.79. The number of anilines is 1. The summed E-state index contributed by atoms with van der Waals surface area (Å²) in [6.45, 7) is 5.68. The zero-order valence-corrected chi connectivity index (χ0v) is 15.1. The van der Waals surface area contributed by atoms with Crippen molar-refractivity contribution in [2.24, 2.45) is 11.8 Å². The van der Waals surface area contributed by atoms with E-state index in [4.69, 9.17) is 22.8 Å². The van der Waals surface area contributed by atoms with Crippen molar-refractivity contribution in [3.8, 4) is 18.1 Å². The average Bonchev–Trinajstić information content (AvgIpc) is 3.09. The number of fused-ring (bicyclic) bond motifs is 1. The third-order valence-electron chi connectivity index (χ3n) is 4.67. The normalized spacial score (nSPS) is 16.2. The zero-order chi connectivity index (χ0) is 17.8. The minimum absolute atomic E-state index is 0.0560. The summed E-state index contributed by atoms with van der Waals surface area (Å²) in [4.78, 5) is 12.4. The molecule has 1 aliphatic heterocycles. The molecule has 3 rings (SSSR count). The predicted octanol–water partition coefficient (Wildman–Crippen LogP) is 3.56. The monoisotopic (exact) mass is 356 g/mol. The molecule has 0 aromatic carbocycles. The van der Waals surface area contributed by atoms with Crippen LogP contribution in [0.3, 0.4) is 0 Å². The highest BCUT2D eigenvalue weighted by molar-refractivity contribution is 6.29. The summed E-state index contributed by atoms with van der Waals surface area (Å²) in [6, 6.07) is 3.72. The van der Waals surface area contributed by atoms with Crippen molar-refractivity contribution >= 4 is 17.4 Å². The van der Waals surface area contributed by atoms with Gasteiger partial charge in [0.05, 0.1) is 12.3 Å². The van der Waals surface area contributed by atoms with Crippen LogP contribution in [0.2, 0.25) is 5.15 Å². The van der Waals surface area contributed by atoms with Crippen LogP contribution >= 0.6 is 11.6 Å². The van der Waals surface area contributed by atoms with Crippen LogP contribution in [0.5, 0.6) is 5.75 Å². The average molecular weight is 357 g/mol. The van der Waals surface area contributed by atoms with E-state index in [2.05, 4.69) is 40.0 Å². The number of ether oxygens (including phenoxy) is 1. The van der Waals surface area contributed by atoms with E-state index in [1.165, 1.54) is 6.33 Å². The zero-order valence-electron chi connectivity index (χ0n) is 14.4. The number of nitrogens with zero attached hydrogens (tertiary/aromatic N) is 3. The molecule has 0 amide bonds. The Bertz CT molecular complexity index is 789. The molecular weight excluding hydrogens is 336 g/mol. The Morgan fingerprint density at radius 2 is 2.20 bits per heavy atom. The van der Waals surface area contributed by atoms with Crippen molar-refractivity contribution < 1.29 is 4.74 Å². The van der Waals surface area contributed by atoms with Gasteiger partial charge < -0.3 is 10.1 Å². The van der Waals surface area contributed by atoms with Crippen molar-refractivity contribution in [3.63, 3.8) is 0 Å². The highest BCUT2D eigenvalue weighted by Crippen LogP contribution is 2.38. The molecule has 2 unspecified atom stereocenters. The smallest absolute Gasteiger partial charge is 0.144 e. The van der Waals surface area contributed by atoms with Gasteiger partial charge in [-0.1, -0.05) is 25.4 Å². The Labute approximate surface area is 153 Å². The molecule has 25 heavy (non-hydrogen) atoms. The number of aromatic nitrogens is 3. The van der Waals surface area contributed by atoms with Crippen LogP contribution in [0.1, 0.15) is 31.0 Å². The first-order valence-corrected chi connectivity index (χ1v) is 8.76. The molecule has 6 heteroatoms. The van der Waals surface area contributed by atoms with Crippen molar-refractivity contribution in [1.29, 1.82) is 0 Å². The van der Waals surface area contributed by atoms with Gasteiger partial charge in [-0.15, -0.1) is 12.3 Å². The van der Waals surface area contributed by atoms with Gasteiger partial charge in [0.2, 0.25) is 0 Å². The van der Waals surface area contributed by atoms with Gasteiger partial charge in [-0.3, -0.25) is 4.98 Å². The third-order valence-corrected chi connectivity index (χ3v) is 4.87. The van der Waals surface area contributed by atoms with Gasteiger partial charge in [0, 0.05) is 36.7 Å². The fourth-order valence-corrected chi connectivity index (χ4v) is 3.43. The predicted molar refractivity (Wildman–Crippen MR) is 98.9 cm³/mol. The quantitative estimate of drug-likeness (QED) is 0.633. The molecule has 0 radical (unpaired) electrons. The lowest BCUT2D eigenvalue weighted by molar-refractivity contribution is 0.341. The molecule has 2 aromatic rings. The summed E-state index contributed by atoms with van der Waals surface area (Å²) in [6.07, 6.45) is 10.0. The molecule has 3 atom stereocenters. The molecule has 0 fully saturated rings. The number of hydrogen-bond acceptors (Lipinski definition) is 5. The van der Waals surface area contributed by atoms with Gasteiger partial charge in [0.15, 0.2) is 0 Å². The molecule has 3 heterocycles. The Morgan fingerprint density at radius 1 is 1.36 bits per heavy atom. The van der Waals surface area contributed by atoms with Crippen LogP contribution in [0.15, 0.2) is 24.7 Å². The van der Waals surface area contributed by atoms with Crippen LogP contribution in [0, 0.1) is 24.2 Å². The SMILES string of the molecule is C#C[C@H](C(C)CNc1cc(Cl)ncn1)C(C)c1ccnc2c1OCC2. The molecule has 1 N–H and O–H groups in total. The van der Waals surface area contributed by atoms with Crippen molar-refractivity contribution in [1.82, 2.24) is 15.0 Å². The second kappa shape index (κ2) is 7.71. The summed E-state index contributed by atoms with van der Waals surface area (Å²) >= 11 is 5.89. The van der Waals surface area contributed by atoms with Crippen LogP contribution < -0.4 is 10.1 Å². The van der Waals surface area contributed by atoms with E-state index >= 15 is 0 Å². The summed E-state index contributed by atoms with van der Waals surface area (Å²) in [5.74, 6) is 5.04. The maximum atomic E-state index is 5.89. The first-order chi connectivity index (χ1) is 12.1. The number of halogens is 1.